The smallest absolute Gasteiger partial charge is 0.238 e. The summed E-state index contributed by atoms with van der Waals surface area (Å²) in [6.07, 6.45) is 3.15. The summed E-state index contributed by atoms with van der Waals surface area (Å²) in [6, 6.07) is 16.5. The minimum atomic E-state index is -3.67. The van der Waals surface area contributed by atoms with Crippen LogP contribution in [0.4, 0.5) is 5.69 Å². The first-order chi connectivity index (χ1) is 11.4. The average Bonchev–Trinajstić information content (AvgIpc) is 2.55. The SMILES string of the molecule is NS(=O)(=O)c1ccc(NC(=S)NCCCCc2ccccc2)cc1. The van der Waals surface area contributed by atoms with Gasteiger partial charge >= 0.3 is 0 Å². The van der Waals surface area contributed by atoms with Crippen molar-refractivity contribution in [3.63, 3.8) is 0 Å². The molecule has 0 aliphatic rings. The Morgan fingerprint density at radius 3 is 2.29 bits per heavy atom. The Labute approximate surface area is 148 Å². The summed E-state index contributed by atoms with van der Waals surface area (Å²) >= 11 is 5.22. The first-order valence-corrected chi connectivity index (χ1v) is 9.62. The van der Waals surface area contributed by atoms with Crippen molar-refractivity contribution in [2.45, 2.75) is 24.2 Å². The lowest BCUT2D eigenvalue weighted by Gasteiger charge is -2.11. The van der Waals surface area contributed by atoms with Crippen LogP contribution in [0.25, 0.3) is 0 Å². The first-order valence-electron chi connectivity index (χ1n) is 7.67. The Bertz CT molecular complexity index is 760. The van der Waals surface area contributed by atoms with Crippen LogP contribution in [0.1, 0.15) is 18.4 Å². The number of unbranched alkanes of at least 4 members (excludes halogenated alkanes) is 1. The molecule has 0 saturated carbocycles. The Kier molecular flexibility index (Phi) is 6.72. The lowest BCUT2D eigenvalue weighted by molar-refractivity contribution is 0.598. The normalized spacial score (nSPS) is 11.0. The van der Waals surface area contributed by atoms with Gasteiger partial charge in [-0.3, -0.25) is 0 Å². The zero-order valence-electron chi connectivity index (χ0n) is 13.2. The van der Waals surface area contributed by atoms with Gasteiger partial charge in [0.05, 0.1) is 4.90 Å². The van der Waals surface area contributed by atoms with Crippen LogP contribution in [0.3, 0.4) is 0 Å². The molecule has 7 heteroatoms. The molecule has 0 fully saturated rings. The van der Waals surface area contributed by atoms with Crippen LogP contribution in [0, 0.1) is 0 Å². The molecule has 2 aromatic rings. The van der Waals surface area contributed by atoms with E-state index in [1.807, 2.05) is 18.2 Å². The van der Waals surface area contributed by atoms with Crippen LogP contribution in [-0.4, -0.2) is 20.1 Å². The van der Waals surface area contributed by atoms with Gasteiger partial charge in [-0.1, -0.05) is 30.3 Å². The number of nitrogens with two attached hydrogens (primary N) is 1. The molecular formula is C17H21N3O2S2. The predicted molar refractivity (Wildman–Crippen MR) is 101 cm³/mol. The molecule has 0 atom stereocenters. The zero-order valence-corrected chi connectivity index (χ0v) is 14.9. The summed E-state index contributed by atoms with van der Waals surface area (Å²) in [5.41, 5.74) is 2.05. The minimum absolute atomic E-state index is 0.0767. The van der Waals surface area contributed by atoms with E-state index in [-0.39, 0.29) is 4.90 Å². The van der Waals surface area contributed by atoms with Crippen molar-refractivity contribution in [1.29, 1.82) is 0 Å². The molecule has 24 heavy (non-hydrogen) atoms. The maximum Gasteiger partial charge on any atom is 0.238 e. The standard InChI is InChI=1S/C17H21N3O2S2/c18-24(21,22)16-11-9-15(10-12-16)20-17(23)19-13-5-4-8-14-6-2-1-3-7-14/h1-3,6-7,9-12H,4-5,8,13H2,(H2,18,21,22)(H2,19,20,23). The molecule has 0 saturated heterocycles. The van der Waals surface area contributed by atoms with E-state index in [9.17, 15) is 8.42 Å². The number of hydrogen-bond donors (Lipinski definition) is 3. The highest BCUT2D eigenvalue weighted by atomic mass is 32.2. The topological polar surface area (TPSA) is 84.2 Å². The summed E-state index contributed by atoms with van der Waals surface area (Å²) in [7, 11) is -3.67. The maximum atomic E-state index is 11.2. The molecule has 128 valence electrons. The monoisotopic (exact) mass is 363 g/mol. The number of aryl methyl sites for hydroxylation is 1. The molecule has 4 N–H and O–H groups in total. The van der Waals surface area contributed by atoms with Crippen LogP contribution < -0.4 is 15.8 Å². The number of anilines is 1. The van der Waals surface area contributed by atoms with Gasteiger partial charge in [0.25, 0.3) is 0 Å². The molecule has 5 nitrogen and oxygen atoms in total. The van der Waals surface area contributed by atoms with E-state index in [2.05, 4.69) is 22.8 Å². The van der Waals surface area contributed by atoms with E-state index in [1.165, 1.54) is 17.7 Å². The second kappa shape index (κ2) is 8.77. The van der Waals surface area contributed by atoms with E-state index in [4.69, 9.17) is 17.4 Å². The van der Waals surface area contributed by atoms with Gasteiger partial charge < -0.3 is 10.6 Å². The molecule has 0 heterocycles. The van der Waals surface area contributed by atoms with Crippen molar-refractivity contribution < 1.29 is 8.42 Å². The molecular weight excluding hydrogens is 342 g/mol. The van der Waals surface area contributed by atoms with Gasteiger partial charge in [-0.15, -0.1) is 0 Å². The number of benzene rings is 2. The summed E-state index contributed by atoms with van der Waals surface area (Å²) < 4.78 is 22.4. The number of rotatable bonds is 7. The van der Waals surface area contributed by atoms with E-state index in [1.54, 1.807) is 12.1 Å². The van der Waals surface area contributed by atoms with E-state index >= 15 is 0 Å². The van der Waals surface area contributed by atoms with Gasteiger partial charge in [0.1, 0.15) is 0 Å². The largest absolute Gasteiger partial charge is 0.362 e. The molecule has 0 spiro atoms. The van der Waals surface area contributed by atoms with Crippen molar-refractivity contribution in [3.05, 3.63) is 60.2 Å². The van der Waals surface area contributed by atoms with Gasteiger partial charge in [-0.2, -0.15) is 0 Å². The van der Waals surface area contributed by atoms with Crippen molar-refractivity contribution in [2.75, 3.05) is 11.9 Å². The molecule has 0 unspecified atom stereocenters. The average molecular weight is 364 g/mol. The number of sulfonamides is 1. The van der Waals surface area contributed by atoms with Gasteiger partial charge in [-0.05, 0) is 61.3 Å². The van der Waals surface area contributed by atoms with Crippen LogP contribution in [0.5, 0.6) is 0 Å². The molecule has 0 bridgehead atoms. The predicted octanol–water partition coefficient (Wildman–Crippen LogP) is 2.64. The van der Waals surface area contributed by atoms with Crippen LogP contribution in [0.15, 0.2) is 59.5 Å². The van der Waals surface area contributed by atoms with Crippen molar-refractivity contribution in [1.82, 2.24) is 5.32 Å². The highest BCUT2D eigenvalue weighted by molar-refractivity contribution is 7.89. The number of hydrogen-bond acceptors (Lipinski definition) is 3. The van der Waals surface area contributed by atoms with Crippen molar-refractivity contribution in [2.24, 2.45) is 5.14 Å². The summed E-state index contributed by atoms with van der Waals surface area (Å²) in [5.74, 6) is 0. The molecule has 0 amide bonds. The minimum Gasteiger partial charge on any atom is -0.362 e. The molecule has 0 aliphatic carbocycles. The molecule has 2 rings (SSSR count). The summed E-state index contributed by atoms with van der Waals surface area (Å²) in [6.45, 7) is 0.786. The van der Waals surface area contributed by atoms with Gasteiger partial charge in [-0.25, -0.2) is 13.6 Å². The van der Waals surface area contributed by atoms with Gasteiger partial charge in [0.15, 0.2) is 5.11 Å². The highest BCUT2D eigenvalue weighted by Gasteiger charge is 2.06. The Hall–Kier alpha value is -1.96. The molecule has 0 aliphatic heterocycles. The second-order valence-corrected chi connectivity index (χ2v) is 7.36. The lowest BCUT2D eigenvalue weighted by atomic mass is 10.1. The summed E-state index contributed by atoms with van der Waals surface area (Å²) in [4.78, 5) is 0.0767. The third kappa shape index (κ3) is 6.27. The van der Waals surface area contributed by atoms with E-state index in [0.717, 1.165) is 25.8 Å². The van der Waals surface area contributed by atoms with Crippen molar-refractivity contribution in [3.8, 4) is 0 Å². The van der Waals surface area contributed by atoms with Gasteiger partial charge in [0, 0.05) is 12.2 Å². The molecule has 0 radical (unpaired) electrons. The Morgan fingerprint density at radius 2 is 1.67 bits per heavy atom. The third-order valence-electron chi connectivity index (χ3n) is 3.46. The van der Waals surface area contributed by atoms with Crippen LogP contribution >= 0.6 is 12.2 Å². The third-order valence-corrected chi connectivity index (χ3v) is 4.64. The fourth-order valence-electron chi connectivity index (χ4n) is 2.20. The quantitative estimate of drug-likeness (QED) is 0.520. The maximum absolute atomic E-state index is 11.2. The Morgan fingerprint density at radius 1 is 1.00 bits per heavy atom. The molecule has 0 aromatic heterocycles. The van der Waals surface area contributed by atoms with E-state index in [0.29, 0.717) is 10.8 Å². The zero-order chi connectivity index (χ0) is 17.4. The van der Waals surface area contributed by atoms with Crippen molar-refractivity contribution >= 4 is 33.0 Å². The van der Waals surface area contributed by atoms with Crippen LogP contribution in [0.2, 0.25) is 0 Å². The highest BCUT2D eigenvalue weighted by Crippen LogP contribution is 2.12. The fourth-order valence-corrected chi connectivity index (χ4v) is 2.94. The first kappa shape index (κ1) is 18.4. The van der Waals surface area contributed by atoms with E-state index < -0.39 is 10.0 Å². The number of thiocarbonyl (C=S) groups is 1. The molecule has 2 aromatic carbocycles. The van der Waals surface area contributed by atoms with Crippen LogP contribution in [-0.2, 0) is 16.4 Å². The summed E-state index contributed by atoms with van der Waals surface area (Å²) in [5, 5.41) is 11.7. The number of nitrogens with one attached hydrogen (secondary N) is 2. The number of primary sulfonamides is 1. The fraction of sp³-hybridized carbons (Fsp3) is 0.235. The Balaban J connectivity index is 1.68. The van der Waals surface area contributed by atoms with Gasteiger partial charge in [0.2, 0.25) is 10.0 Å². The second-order valence-electron chi connectivity index (χ2n) is 5.39. The lowest BCUT2D eigenvalue weighted by Crippen LogP contribution is -2.29.